The zero-order valence-corrected chi connectivity index (χ0v) is 13.9. The number of thiophene rings is 1. The Hall–Kier alpha value is -0.380. The van der Waals surface area contributed by atoms with Crippen molar-refractivity contribution in [3.63, 3.8) is 0 Å². The van der Waals surface area contributed by atoms with Gasteiger partial charge in [0.2, 0.25) is 0 Å². The van der Waals surface area contributed by atoms with Crippen molar-refractivity contribution in [2.24, 2.45) is 11.7 Å². The lowest BCUT2D eigenvalue weighted by atomic mass is 9.95. The van der Waals surface area contributed by atoms with Crippen LogP contribution in [-0.4, -0.2) is 24.0 Å². The number of rotatable bonds is 6. The van der Waals surface area contributed by atoms with Gasteiger partial charge in [-0.3, -0.25) is 4.90 Å². The number of hydrogen-bond acceptors (Lipinski definition) is 3. The first kappa shape index (κ1) is 14.6. The third-order valence-electron chi connectivity index (χ3n) is 4.50. The van der Waals surface area contributed by atoms with Crippen molar-refractivity contribution in [2.45, 2.75) is 64.0 Å². The molecule has 20 heavy (non-hydrogen) atoms. The first-order valence-electron chi connectivity index (χ1n) is 8.05. The van der Waals surface area contributed by atoms with Gasteiger partial charge in [-0.05, 0) is 49.1 Å². The highest BCUT2D eigenvalue weighted by Crippen LogP contribution is 2.41. The first-order chi connectivity index (χ1) is 9.49. The molecular formula is C17H28N2S. The highest BCUT2D eigenvalue weighted by atomic mass is 32.1. The van der Waals surface area contributed by atoms with Crippen LogP contribution in [0.15, 0.2) is 12.1 Å². The summed E-state index contributed by atoms with van der Waals surface area (Å²) >= 11 is 1.97. The van der Waals surface area contributed by atoms with Crippen molar-refractivity contribution in [1.82, 2.24) is 4.90 Å². The highest BCUT2D eigenvalue weighted by molar-refractivity contribution is 7.12. The van der Waals surface area contributed by atoms with Crippen molar-refractivity contribution >= 4 is 11.3 Å². The van der Waals surface area contributed by atoms with Gasteiger partial charge in [-0.15, -0.1) is 11.3 Å². The molecule has 1 aromatic rings. The summed E-state index contributed by atoms with van der Waals surface area (Å²) in [5, 5.41) is 0. The van der Waals surface area contributed by atoms with E-state index in [4.69, 9.17) is 5.73 Å². The number of nitrogens with two attached hydrogens (primary N) is 1. The molecule has 0 saturated heterocycles. The van der Waals surface area contributed by atoms with Crippen LogP contribution in [0, 0.1) is 5.92 Å². The second-order valence-electron chi connectivity index (χ2n) is 7.57. The molecule has 2 fully saturated rings. The monoisotopic (exact) mass is 292 g/mol. The standard InChI is InChI=1S/C17H28N2S/c1-17(2,3)16-9-8-15(20-16)14(10-18)19(13-6-7-13)11-12-4-5-12/h8-9,12-14H,4-7,10-11,18H2,1-3H3. The molecule has 2 N–H and O–H groups in total. The zero-order valence-electron chi connectivity index (χ0n) is 13.1. The maximum Gasteiger partial charge on any atom is 0.0566 e. The molecule has 0 amide bonds. The van der Waals surface area contributed by atoms with Crippen molar-refractivity contribution < 1.29 is 0 Å². The molecule has 0 radical (unpaired) electrons. The number of hydrogen-bond donors (Lipinski definition) is 1. The van der Waals surface area contributed by atoms with Crippen molar-refractivity contribution in [2.75, 3.05) is 13.1 Å². The molecule has 1 aromatic heterocycles. The fourth-order valence-electron chi connectivity index (χ4n) is 2.89. The fourth-order valence-corrected chi connectivity index (χ4v) is 4.09. The average Bonchev–Trinajstić information content (AvgIpc) is 3.28. The van der Waals surface area contributed by atoms with Crippen LogP contribution in [0.25, 0.3) is 0 Å². The third-order valence-corrected chi connectivity index (χ3v) is 6.11. The van der Waals surface area contributed by atoms with E-state index < -0.39 is 0 Å². The van der Waals surface area contributed by atoms with E-state index >= 15 is 0 Å². The Labute approximate surface area is 127 Å². The summed E-state index contributed by atoms with van der Waals surface area (Å²) in [6.07, 6.45) is 5.61. The second-order valence-corrected chi connectivity index (χ2v) is 8.69. The van der Waals surface area contributed by atoms with Gasteiger partial charge in [0.05, 0.1) is 6.04 Å². The predicted octanol–water partition coefficient (Wildman–Crippen LogP) is 3.92. The minimum absolute atomic E-state index is 0.253. The minimum Gasteiger partial charge on any atom is -0.329 e. The third kappa shape index (κ3) is 3.26. The van der Waals surface area contributed by atoms with E-state index in [2.05, 4.69) is 37.8 Å². The van der Waals surface area contributed by atoms with Gasteiger partial charge in [0.25, 0.3) is 0 Å². The molecule has 1 unspecified atom stereocenters. The van der Waals surface area contributed by atoms with Gasteiger partial charge in [0.15, 0.2) is 0 Å². The molecule has 112 valence electrons. The summed E-state index contributed by atoms with van der Waals surface area (Å²) in [5.74, 6) is 0.951. The summed E-state index contributed by atoms with van der Waals surface area (Å²) in [6, 6.07) is 5.89. The van der Waals surface area contributed by atoms with Crippen LogP contribution in [0.2, 0.25) is 0 Å². The van der Waals surface area contributed by atoms with Crippen LogP contribution in [-0.2, 0) is 5.41 Å². The topological polar surface area (TPSA) is 29.3 Å². The largest absolute Gasteiger partial charge is 0.329 e. The maximum absolute atomic E-state index is 6.15. The normalized spacial score (nSPS) is 21.4. The van der Waals surface area contributed by atoms with Gasteiger partial charge in [-0.2, -0.15) is 0 Å². The highest BCUT2D eigenvalue weighted by Gasteiger charge is 2.38. The summed E-state index contributed by atoms with van der Waals surface area (Å²) < 4.78 is 0. The molecule has 1 heterocycles. The smallest absolute Gasteiger partial charge is 0.0566 e. The Morgan fingerprint density at radius 2 is 1.95 bits per heavy atom. The van der Waals surface area contributed by atoms with Crippen LogP contribution < -0.4 is 5.73 Å². The first-order valence-corrected chi connectivity index (χ1v) is 8.86. The van der Waals surface area contributed by atoms with E-state index in [1.807, 2.05) is 11.3 Å². The SMILES string of the molecule is CC(C)(C)c1ccc(C(CN)N(CC2CC2)C2CC2)s1. The van der Waals surface area contributed by atoms with Gasteiger partial charge >= 0.3 is 0 Å². The Morgan fingerprint density at radius 3 is 2.40 bits per heavy atom. The molecule has 2 aliphatic carbocycles. The van der Waals surface area contributed by atoms with Crippen molar-refractivity contribution in [1.29, 1.82) is 0 Å². The quantitative estimate of drug-likeness (QED) is 0.861. The summed E-state index contributed by atoms with van der Waals surface area (Å²) in [4.78, 5) is 5.67. The number of nitrogens with zero attached hydrogens (tertiary/aromatic N) is 1. The van der Waals surface area contributed by atoms with E-state index in [0.29, 0.717) is 6.04 Å². The van der Waals surface area contributed by atoms with E-state index in [0.717, 1.165) is 18.5 Å². The molecule has 0 bridgehead atoms. The maximum atomic E-state index is 6.15. The molecular weight excluding hydrogens is 264 g/mol. The second kappa shape index (κ2) is 5.43. The minimum atomic E-state index is 0.253. The lowest BCUT2D eigenvalue weighted by molar-refractivity contribution is 0.185. The lowest BCUT2D eigenvalue weighted by Crippen LogP contribution is -2.36. The van der Waals surface area contributed by atoms with E-state index in [9.17, 15) is 0 Å². The van der Waals surface area contributed by atoms with Crippen LogP contribution >= 0.6 is 11.3 Å². The Bertz CT molecular complexity index is 452. The van der Waals surface area contributed by atoms with Gasteiger partial charge in [0, 0.05) is 28.9 Å². The molecule has 3 heteroatoms. The summed E-state index contributed by atoms with van der Waals surface area (Å²) in [7, 11) is 0. The molecule has 3 rings (SSSR count). The Morgan fingerprint density at radius 1 is 1.25 bits per heavy atom. The van der Waals surface area contributed by atoms with Crippen LogP contribution in [0.3, 0.4) is 0 Å². The zero-order chi connectivity index (χ0) is 14.3. The molecule has 2 nitrogen and oxygen atoms in total. The molecule has 0 aromatic carbocycles. The molecule has 2 saturated carbocycles. The molecule has 2 aliphatic rings. The molecule has 0 spiro atoms. The lowest BCUT2D eigenvalue weighted by Gasteiger charge is -2.30. The van der Waals surface area contributed by atoms with E-state index in [1.54, 1.807) is 0 Å². The molecule has 0 aliphatic heterocycles. The van der Waals surface area contributed by atoms with Crippen LogP contribution in [0.4, 0.5) is 0 Å². The van der Waals surface area contributed by atoms with Gasteiger partial charge in [0.1, 0.15) is 0 Å². The fraction of sp³-hybridized carbons (Fsp3) is 0.765. The van der Waals surface area contributed by atoms with Gasteiger partial charge in [-0.1, -0.05) is 20.8 Å². The Kier molecular flexibility index (Phi) is 3.95. The Balaban J connectivity index is 1.78. The van der Waals surface area contributed by atoms with Gasteiger partial charge in [-0.25, -0.2) is 0 Å². The summed E-state index contributed by atoms with van der Waals surface area (Å²) in [5.41, 5.74) is 6.40. The predicted molar refractivity (Wildman–Crippen MR) is 87.3 cm³/mol. The average molecular weight is 292 g/mol. The van der Waals surface area contributed by atoms with Crippen molar-refractivity contribution in [3.05, 3.63) is 21.9 Å². The van der Waals surface area contributed by atoms with E-state index in [-0.39, 0.29) is 5.41 Å². The van der Waals surface area contributed by atoms with Crippen LogP contribution in [0.5, 0.6) is 0 Å². The molecule has 1 atom stereocenters. The van der Waals surface area contributed by atoms with Crippen molar-refractivity contribution in [3.8, 4) is 0 Å². The van der Waals surface area contributed by atoms with Gasteiger partial charge < -0.3 is 5.73 Å². The van der Waals surface area contributed by atoms with E-state index in [1.165, 1.54) is 42.0 Å². The van der Waals surface area contributed by atoms with Crippen LogP contribution in [0.1, 0.15) is 62.3 Å². The summed E-state index contributed by atoms with van der Waals surface area (Å²) in [6.45, 7) is 8.91.